The van der Waals surface area contributed by atoms with Crippen LogP contribution in [-0.2, 0) is 6.42 Å². The summed E-state index contributed by atoms with van der Waals surface area (Å²) in [6.07, 6.45) is 0.836. The Morgan fingerprint density at radius 1 is 1.38 bits per heavy atom. The molecule has 0 aliphatic carbocycles. The Kier molecular flexibility index (Phi) is 4.90. The van der Waals surface area contributed by atoms with E-state index in [2.05, 4.69) is 0 Å². The Morgan fingerprint density at radius 2 is 2.06 bits per heavy atom. The molecule has 0 aromatic heterocycles. The normalized spacial score (nSPS) is 13.1. The lowest BCUT2D eigenvalue weighted by Crippen LogP contribution is -2.21. The van der Waals surface area contributed by atoms with Crippen molar-refractivity contribution in [1.29, 1.82) is 0 Å². The highest BCUT2D eigenvalue weighted by atomic mass is 19.1. The van der Waals surface area contributed by atoms with Gasteiger partial charge in [-0.3, -0.25) is 0 Å². The maximum absolute atomic E-state index is 13.0. The standard InChI is InChI=1S/C13H20FNO/c1-10-4-5-12(14)8-11(10)9-13(16)6-7-15(2)3/h4-5,8,13,16H,6-7,9H2,1-3H3. The van der Waals surface area contributed by atoms with E-state index >= 15 is 0 Å². The first kappa shape index (κ1) is 13.1. The number of aryl methyl sites for hydroxylation is 1. The first-order valence-corrected chi connectivity index (χ1v) is 5.57. The molecule has 0 heterocycles. The summed E-state index contributed by atoms with van der Waals surface area (Å²) in [6, 6.07) is 4.71. The van der Waals surface area contributed by atoms with Gasteiger partial charge >= 0.3 is 0 Å². The largest absolute Gasteiger partial charge is 0.393 e. The van der Waals surface area contributed by atoms with Gasteiger partial charge in [-0.1, -0.05) is 6.07 Å². The van der Waals surface area contributed by atoms with E-state index in [0.717, 1.165) is 17.7 Å². The van der Waals surface area contributed by atoms with Crippen LogP contribution in [0.25, 0.3) is 0 Å². The third kappa shape index (κ3) is 4.29. The lowest BCUT2D eigenvalue weighted by atomic mass is 10.0. The Labute approximate surface area is 96.7 Å². The van der Waals surface area contributed by atoms with E-state index in [1.165, 1.54) is 12.1 Å². The minimum Gasteiger partial charge on any atom is -0.393 e. The van der Waals surface area contributed by atoms with Gasteiger partial charge in [-0.15, -0.1) is 0 Å². The van der Waals surface area contributed by atoms with E-state index in [-0.39, 0.29) is 5.82 Å². The van der Waals surface area contributed by atoms with E-state index in [4.69, 9.17) is 0 Å². The molecule has 3 heteroatoms. The molecule has 16 heavy (non-hydrogen) atoms. The number of hydrogen-bond acceptors (Lipinski definition) is 2. The molecule has 1 aromatic carbocycles. The number of halogens is 1. The molecular formula is C13H20FNO. The molecule has 0 amide bonds. The molecule has 0 fully saturated rings. The molecular weight excluding hydrogens is 205 g/mol. The van der Waals surface area contributed by atoms with Crippen LogP contribution in [0, 0.1) is 12.7 Å². The van der Waals surface area contributed by atoms with Crippen LogP contribution in [0.2, 0.25) is 0 Å². The van der Waals surface area contributed by atoms with Gasteiger partial charge in [0.1, 0.15) is 5.82 Å². The van der Waals surface area contributed by atoms with Gasteiger partial charge in [0.2, 0.25) is 0 Å². The van der Waals surface area contributed by atoms with Crippen LogP contribution < -0.4 is 0 Å². The zero-order valence-corrected chi connectivity index (χ0v) is 10.2. The van der Waals surface area contributed by atoms with Crippen LogP contribution >= 0.6 is 0 Å². The number of aliphatic hydroxyl groups is 1. The summed E-state index contributed by atoms with van der Waals surface area (Å²) in [5.41, 5.74) is 1.93. The zero-order chi connectivity index (χ0) is 12.1. The summed E-state index contributed by atoms with van der Waals surface area (Å²) in [6.45, 7) is 2.78. The Hall–Kier alpha value is -0.930. The highest BCUT2D eigenvalue weighted by Crippen LogP contribution is 2.13. The average Bonchev–Trinajstić information content (AvgIpc) is 2.20. The van der Waals surface area contributed by atoms with E-state index < -0.39 is 6.10 Å². The van der Waals surface area contributed by atoms with Crippen LogP contribution in [0.3, 0.4) is 0 Å². The lowest BCUT2D eigenvalue weighted by molar-refractivity contribution is 0.152. The highest BCUT2D eigenvalue weighted by molar-refractivity contribution is 5.27. The molecule has 0 aliphatic rings. The second-order valence-electron chi connectivity index (χ2n) is 4.52. The Morgan fingerprint density at radius 3 is 2.69 bits per heavy atom. The summed E-state index contributed by atoms with van der Waals surface area (Å²) in [4.78, 5) is 2.03. The Balaban J connectivity index is 2.55. The van der Waals surface area contributed by atoms with Crippen molar-refractivity contribution in [3.63, 3.8) is 0 Å². The van der Waals surface area contributed by atoms with Gasteiger partial charge in [-0.2, -0.15) is 0 Å². The average molecular weight is 225 g/mol. The summed E-state index contributed by atoms with van der Waals surface area (Å²) >= 11 is 0. The maximum Gasteiger partial charge on any atom is 0.123 e. The minimum absolute atomic E-state index is 0.236. The SMILES string of the molecule is Cc1ccc(F)cc1CC(O)CCN(C)C. The molecule has 2 nitrogen and oxygen atoms in total. The molecule has 1 aromatic rings. The molecule has 0 saturated carbocycles. The number of rotatable bonds is 5. The predicted octanol–water partition coefficient (Wildman–Crippen LogP) is 1.99. The van der Waals surface area contributed by atoms with Gasteiger partial charge in [-0.05, 0) is 63.7 Å². The van der Waals surface area contributed by atoms with Gasteiger partial charge in [-0.25, -0.2) is 4.39 Å². The van der Waals surface area contributed by atoms with Crippen molar-refractivity contribution >= 4 is 0 Å². The minimum atomic E-state index is -0.400. The van der Waals surface area contributed by atoms with E-state index in [9.17, 15) is 9.50 Å². The summed E-state index contributed by atoms with van der Waals surface area (Å²) in [5, 5.41) is 9.82. The second kappa shape index (κ2) is 5.97. The summed E-state index contributed by atoms with van der Waals surface area (Å²) < 4.78 is 13.0. The van der Waals surface area contributed by atoms with Crippen LogP contribution in [0.15, 0.2) is 18.2 Å². The molecule has 0 saturated heterocycles. The number of benzene rings is 1. The number of nitrogens with zero attached hydrogens (tertiary/aromatic N) is 1. The third-order valence-corrected chi connectivity index (χ3v) is 2.68. The zero-order valence-electron chi connectivity index (χ0n) is 10.2. The van der Waals surface area contributed by atoms with Crippen molar-refractivity contribution in [2.24, 2.45) is 0 Å². The molecule has 90 valence electrons. The first-order chi connectivity index (χ1) is 7.49. The molecule has 0 aliphatic heterocycles. The van der Waals surface area contributed by atoms with Gasteiger partial charge < -0.3 is 10.0 Å². The highest BCUT2D eigenvalue weighted by Gasteiger charge is 2.08. The van der Waals surface area contributed by atoms with Gasteiger partial charge in [0, 0.05) is 0 Å². The van der Waals surface area contributed by atoms with Crippen LogP contribution in [0.4, 0.5) is 4.39 Å². The van der Waals surface area contributed by atoms with Crippen molar-refractivity contribution in [3.8, 4) is 0 Å². The molecule has 1 unspecified atom stereocenters. The van der Waals surface area contributed by atoms with Gasteiger partial charge in [0.25, 0.3) is 0 Å². The summed E-state index contributed by atoms with van der Waals surface area (Å²) in [7, 11) is 3.94. The lowest BCUT2D eigenvalue weighted by Gasteiger charge is -2.15. The molecule has 1 N–H and O–H groups in total. The van der Waals surface area contributed by atoms with Crippen LogP contribution in [-0.4, -0.2) is 36.8 Å². The maximum atomic E-state index is 13.0. The molecule has 0 spiro atoms. The fourth-order valence-corrected chi connectivity index (χ4v) is 1.62. The molecule has 1 atom stereocenters. The predicted molar refractivity (Wildman–Crippen MR) is 64.0 cm³/mol. The van der Waals surface area contributed by atoms with E-state index in [1.54, 1.807) is 6.07 Å². The van der Waals surface area contributed by atoms with Gasteiger partial charge in [0.15, 0.2) is 0 Å². The van der Waals surface area contributed by atoms with Crippen molar-refractivity contribution in [2.45, 2.75) is 25.9 Å². The van der Waals surface area contributed by atoms with Crippen LogP contribution in [0.1, 0.15) is 17.5 Å². The fraction of sp³-hybridized carbons (Fsp3) is 0.538. The molecule has 0 radical (unpaired) electrons. The second-order valence-corrected chi connectivity index (χ2v) is 4.52. The van der Waals surface area contributed by atoms with Crippen molar-refractivity contribution in [3.05, 3.63) is 35.1 Å². The fourth-order valence-electron chi connectivity index (χ4n) is 1.62. The van der Waals surface area contributed by atoms with Crippen LogP contribution in [0.5, 0.6) is 0 Å². The van der Waals surface area contributed by atoms with Crippen molar-refractivity contribution < 1.29 is 9.50 Å². The molecule has 1 rings (SSSR count). The topological polar surface area (TPSA) is 23.5 Å². The summed E-state index contributed by atoms with van der Waals surface area (Å²) in [5.74, 6) is -0.236. The Bertz CT molecular complexity index is 339. The van der Waals surface area contributed by atoms with Gasteiger partial charge in [0.05, 0.1) is 6.10 Å². The number of aliphatic hydroxyl groups excluding tert-OH is 1. The number of hydrogen-bond donors (Lipinski definition) is 1. The van der Waals surface area contributed by atoms with Crippen molar-refractivity contribution in [2.75, 3.05) is 20.6 Å². The monoisotopic (exact) mass is 225 g/mol. The van der Waals surface area contributed by atoms with Crippen molar-refractivity contribution in [1.82, 2.24) is 4.90 Å². The smallest absolute Gasteiger partial charge is 0.123 e. The quantitative estimate of drug-likeness (QED) is 0.828. The first-order valence-electron chi connectivity index (χ1n) is 5.57. The van der Waals surface area contributed by atoms with E-state index in [1.807, 2.05) is 25.9 Å². The molecule has 0 bridgehead atoms. The van der Waals surface area contributed by atoms with E-state index in [0.29, 0.717) is 12.8 Å². The third-order valence-electron chi connectivity index (χ3n) is 2.68.